The number of amides is 1. The number of hydrogen-bond donors (Lipinski definition) is 1. The van der Waals surface area contributed by atoms with Crippen molar-refractivity contribution in [1.82, 2.24) is 4.57 Å². The van der Waals surface area contributed by atoms with E-state index in [1.54, 1.807) is 0 Å². The Bertz CT molecular complexity index is 757. The molecule has 0 radical (unpaired) electrons. The molecule has 1 N–H and O–H groups in total. The Morgan fingerprint density at radius 2 is 1.92 bits per heavy atom. The molecule has 0 spiro atoms. The van der Waals surface area contributed by atoms with Gasteiger partial charge in [0.1, 0.15) is 5.75 Å². The largest absolute Gasteiger partial charge is 0.433 e. The molecular formula is C17H19ClF2N2O2. The summed E-state index contributed by atoms with van der Waals surface area (Å²) in [5.41, 5.74) is 2.82. The van der Waals surface area contributed by atoms with Gasteiger partial charge >= 0.3 is 6.61 Å². The number of nitrogens with one attached hydrogen (secondary N) is 1. The van der Waals surface area contributed by atoms with Crippen molar-refractivity contribution >= 4 is 23.2 Å². The van der Waals surface area contributed by atoms with Crippen LogP contribution < -0.4 is 10.1 Å². The number of alkyl halides is 2. The maximum Gasteiger partial charge on any atom is 0.387 e. The van der Waals surface area contributed by atoms with Gasteiger partial charge in [-0.15, -0.1) is 0 Å². The minimum Gasteiger partial charge on any atom is -0.433 e. The van der Waals surface area contributed by atoms with E-state index in [1.165, 1.54) is 18.2 Å². The molecule has 0 saturated carbocycles. The van der Waals surface area contributed by atoms with E-state index in [-0.39, 0.29) is 22.7 Å². The fourth-order valence-corrected chi connectivity index (χ4v) is 3.00. The normalized spacial score (nSPS) is 11.2. The van der Waals surface area contributed by atoms with Crippen LogP contribution in [-0.2, 0) is 0 Å². The summed E-state index contributed by atoms with van der Waals surface area (Å²) in [6, 6.07) is 6.19. The van der Waals surface area contributed by atoms with Gasteiger partial charge < -0.3 is 14.6 Å². The van der Waals surface area contributed by atoms with Crippen LogP contribution in [0.3, 0.4) is 0 Å². The van der Waals surface area contributed by atoms with Gasteiger partial charge in [-0.2, -0.15) is 8.78 Å². The average Bonchev–Trinajstić information content (AvgIpc) is 2.76. The molecule has 1 aromatic heterocycles. The van der Waals surface area contributed by atoms with E-state index in [1.807, 2.05) is 33.8 Å². The third-order valence-electron chi connectivity index (χ3n) is 3.65. The fraction of sp³-hybridized carbons (Fsp3) is 0.353. The molecule has 24 heavy (non-hydrogen) atoms. The lowest BCUT2D eigenvalue weighted by Gasteiger charge is -2.14. The maximum absolute atomic E-state index is 12.5. The molecule has 1 amide bonds. The van der Waals surface area contributed by atoms with Crippen molar-refractivity contribution in [2.45, 2.75) is 40.3 Å². The minimum atomic E-state index is -2.95. The summed E-state index contributed by atoms with van der Waals surface area (Å²) in [5.74, 6) is -0.420. The van der Waals surface area contributed by atoms with Crippen molar-refractivity contribution in [2.75, 3.05) is 5.32 Å². The van der Waals surface area contributed by atoms with E-state index < -0.39 is 6.61 Å². The molecule has 0 saturated heterocycles. The highest BCUT2D eigenvalue weighted by Gasteiger charge is 2.18. The molecule has 0 unspecified atom stereocenters. The third kappa shape index (κ3) is 3.87. The SMILES string of the molecule is Cc1cc(C(=O)Nc2ccc(OC(F)F)c(Cl)c2)c(C)n1C(C)C. The van der Waals surface area contributed by atoms with Crippen molar-refractivity contribution in [2.24, 2.45) is 0 Å². The van der Waals surface area contributed by atoms with Crippen molar-refractivity contribution in [3.05, 3.63) is 46.2 Å². The van der Waals surface area contributed by atoms with Crippen LogP contribution in [0, 0.1) is 13.8 Å². The van der Waals surface area contributed by atoms with E-state index in [2.05, 4.69) is 14.6 Å². The van der Waals surface area contributed by atoms with E-state index in [9.17, 15) is 13.6 Å². The van der Waals surface area contributed by atoms with Gasteiger partial charge in [-0.25, -0.2) is 0 Å². The van der Waals surface area contributed by atoms with E-state index >= 15 is 0 Å². The minimum absolute atomic E-state index is 0.000697. The monoisotopic (exact) mass is 356 g/mol. The number of anilines is 1. The second-order valence-electron chi connectivity index (χ2n) is 5.73. The number of nitrogens with zero attached hydrogens (tertiary/aromatic N) is 1. The molecule has 0 aliphatic carbocycles. The van der Waals surface area contributed by atoms with Gasteiger partial charge in [0.05, 0.1) is 10.6 Å². The molecule has 0 aliphatic rings. The Balaban J connectivity index is 2.21. The predicted molar refractivity (Wildman–Crippen MR) is 90.3 cm³/mol. The highest BCUT2D eigenvalue weighted by Crippen LogP contribution is 2.29. The van der Waals surface area contributed by atoms with Gasteiger partial charge in [-0.1, -0.05) is 11.6 Å². The number of ether oxygens (including phenoxy) is 1. The fourth-order valence-electron chi connectivity index (χ4n) is 2.77. The molecule has 1 aromatic carbocycles. The summed E-state index contributed by atoms with van der Waals surface area (Å²) in [6.45, 7) is 4.96. The maximum atomic E-state index is 12.5. The van der Waals surface area contributed by atoms with Crippen LogP contribution >= 0.6 is 11.6 Å². The van der Waals surface area contributed by atoms with Crippen LogP contribution in [0.25, 0.3) is 0 Å². The Morgan fingerprint density at radius 3 is 2.42 bits per heavy atom. The molecule has 4 nitrogen and oxygen atoms in total. The number of halogens is 3. The summed E-state index contributed by atoms with van der Waals surface area (Å²) in [5, 5.41) is 2.72. The Hall–Kier alpha value is -2.08. The summed E-state index contributed by atoms with van der Waals surface area (Å²) >= 11 is 5.89. The summed E-state index contributed by atoms with van der Waals surface area (Å²) < 4.78 is 30.8. The number of aryl methyl sites for hydroxylation is 1. The van der Waals surface area contributed by atoms with Gasteiger partial charge in [0.25, 0.3) is 5.91 Å². The second kappa shape index (κ2) is 7.21. The number of rotatable bonds is 5. The first kappa shape index (κ1) is 18.3. The van der Waals surface area contributed by atoms with Crippen LogP contribution in [0.1, 0.15) is 41.6 Å². The average molecular weight is 357 g/mol. The topological polar surface area (TPSA) is 43.3 Å². The van der Waals surface area contributed by atoms with Gasteiger partial charge in [0, 0.05) is 23.1 Å². The molecule has 7 heteroatoms. The molecule has 0 aliphatic heterocycles. The second-order valence-corrected chi connectivity index (χ2v) is 6.13. The van der Waals surface area contributed by atoms with E-state index in [0.29, 0.717) is 11.3 Å². The zero-order chi connectivity index (χ0) is 18.0. The van der Waals surface area contributed by atoms with Crippen molar-refractivity contribution < 1.29 is 18.3 Å². The summed E-state index contributed by atoms with van der Waals surface area (Å²) in [7, 11) is 0. The van der Waals surface area contributed by atoms with E-state index in [4.69, 9.17) is 11.6 Å². The Labute approximate surface area is 144 Å². The van der Waals surface area contributed by atoms with E-state index in [0.717, 1.165) is 11.4 Å². The van der Waals surface area contributed by atoms with Gasteiger partial charge in [-0.05, 0) is 52.0 Å². The van der Waals surface area contributed by atoms with Crippen LogP contribution in [0.4, 0.5) is 14.5 Å². The molecule has 2 aromatic rings. The highest BCUT2D eigenvalue weighted by molar-refractivity contribution is 6.32. The lowest BCUT2D eigenvalue weighted by molar-refractivity contribution is -0.0497. The number of aromatic nitrogens is 1. The van der Waals surface area contributed by atoms with Crippen LogP contribution in [0.15, 0.2) is 24.3 Å². The predicted octanol–water partition coefficient (Wildman–Crippen LogP) is 5.19. The quantitative estimate of drug-likeness (QED) is 0.800. The third-order valence-corrected chi connectivity index (χ3v) is 3.95. The molecule has 1 heterocycles. The van der Waals surface area contributed by atoms with Crippen LogP contribution in [-0.4, -0.2) is 17.1 Å². The molecule has 130 valence electrons. The molecule has 0 bridgehead atoms. The van der Waals surface area contributed by atoms with Crippen LogP contribution in [0.5, 0.6) is 5.75 Å². The van der Waals surface area contributed by atoms with Gasteiger partial charge in [0.2, 0.25) is 0 Å². The standard InChI is InChI=1S/C17H19ClF2N2O2/c1-9(2)22-10(3)7-13(11(22)4)16(23)21-12-5-6-15(14(18)8-12)24-17(19)20/h5-9,17H,1-4H3,(H,21,23). The number of benzene rings is 1. The number of hydrogen-bond acceptors (Lipinski definition) is 2. The smallest absolute Gasteiger partial charge is 0.387 e. The van der Waals surface area contributed by atoms with Gasteiger partial charge in [-0.3, -0.25) is 4.79 Å². The zero-order valence-corrected chi connectivity index (χ0v) is 14.6. The van der Waals surface area contributed by atoms with Crippen LogP contribution in [0.2, 0.25) is 5.02 Å². The van der Waals surface area contributed by atoms with Crippen molar-refractivity contribution in [3.63, 3.8) is 0 Å². The first-order valence-corrected chi connectivity index (χ1v) is 7.82. The first-order valence-electron chi connectivity index (χ1n) is 7.44. The lowest BCUT2D eigenvalue weighted by atomic mass is 10.2. The zero-order valence-electron chi connectivity index (χ0n) is 13.9. The molecule has 0 atom stereocenters. The highest BCUT2D eigenvalue weighted by atomic mass is 35.5. The summed E-state index contributed by atoms with van der Waals surface area (Å²) in [6.07, 6.45) is 0. The van der Waals surface area contributed by atoms with Crippen molar-refractivity contribution in [1.29, 1.82) is 0 Å². The van der Waals surface area contributed by atoms with Gasteiger partial charge in [0.15, 0.2) is 0 Å². The lowest BCUT2D eigenvalue weighted by Crippen LogP contribution is -2.14. The number of carbonyl (C=O) groups excluding carboxylic acids is 1. The number of carbonyl (C=O) groups is 1. The Morgan fingerprint density at radius 1 is 1.25 bits per heavy atom. The van der Waals surface area contributed by atoms with Crippen molar-refractivity contribution in [3.8, 4) is 5.75 Å². The Kier molecular flexibility index (Phi) is 5.49. The summed E-state index contributed by atoms with van der Waals surface area (Å²) in [4.78, 5) is 12.5. The molecule has 0 fully saturated rings. The molecule has 2 rings (SSSR count). The molecular weight excluding hydrogens is 338 g/mol. The first-order chi connectivity index (χ1) is 11.2.